The number of halogens is 1. The summed E-state index contributed by atoms with van der Waals surface area (Å²) in [6.45, 7) is 2.42. The smallest absolute Gasteiger partial charge is 0.242 e. The first-order valence-corrected chi connectivity index (χ1v) is 10.2. The summed E-state index contributed by atoms with van der Waals surface area (Å²) in [5.41, 5.74) is 1.04. The molecule has 28 heavy (non-hydrogen) atoms. The molecule has 3 amide bonds. The summed E-state index contributed by atoms with van der Waals surface area (Å²) in [5.74, 6) is -0.589. The monoisotopic (exact) mass is 399 g/mol. The normalized spacial score (nSPS) is 31.1. The van der Waals surface area contributed by atoms with Crippen LogP contribution in [0.4, 0.5) is 5.69 Å². The van der Waals surface area contributed by atoms with Gasteiger partial charge in [-0.25, -0.2) is 0 Å². The molecular formula is C21H22ClN3O3. The third-order valence-electron chi connectivity index (χ3n) is 6.66. The molecule has 0 N–H and O–H groups in total. The maximum absolute atomic E-state index is 12.8. The standard InChI is InChI=1S/C21H22ClN3O3/c22-15-2-1-3-16(11-15)23-6-8-24(9-7-23)17(26)12-25-20(27)18-13-4-5-14(10-13)19(18)21(25)28/h1-5,11,13-14,18-19H,6-10,12H2/t13-,14-,18+,19+/m0/s1. The number of anilines is 1. The van der Waals surface area contributed by atoms with E-state index in [1.807, 2.05) is 24.3 Å². The van der Waals surface area contributed by atoms with Crippen LogP contribution < -0.4 is 4.90 Å². The lowest BCUT2D eigenvalue weighted by molar-refractivity contribution is -0.147. The number of carbonyl (C=O) groups excluding carboxylic acids is 3. The molecule has 2 aliphatic carbocycles. The lowest BCUT2D eigenvalue weighted by Crippen LogP contribution is -2.52. The topological polar surface area (TPSA) is 60.9 Å². The zero-order chi connectivity index (χ0) is 19.4. The van der Waals surface area contributed by atoms with Gasteiger partial charge in [0.2, 0.25) is 17.7 Å². The third-order valence-corrected chi connectivity index (χ3v) is 6.90. The van der Waals surface area contributed by atoms with Gasteiger partial charge in [-0.2, -0.15) is 0 Å². The SMILES string of the molecule is O=C(CN1C(=O)[C@H]2[C@H](C1=O)[C@H]1C=C[C@H]2C1)N1CCN(c2cccc(Cl)c2)CC1. The van der Waals surface area contributed by atoms with Crippen LogP contribution in [0.3, 0.4) is 0 Å². The number of imide groups is 1. The quantitative estimate of drug-likeness (QED) is 0.574. The lowest BCUT2D eigenvalue weighted by atomic mass is 9.85. The average Bonchev–Trinajstić information content (AvgIpc) is 3.38. The molecule has 2 bridgehead atoms. The van der Waals surface area contributed by atoms with E-state index in [2.05, 4.69) is 17.1 Å². The fourth-order valence-corrected chi connectivity index (χ4v) is 5.43. The minimum atomic E-state index is -0.241. The second-order valence-corrected chi connectivity index (χ2v) is 8.55. The number of piperazine rings is 1. The molecule has 7 heteroatoms. The van der Waals surface area contributed by atoms with E-state index in [1.165, 1.54) is 4.90 Å². The van der Waals surface area contributed by atoms with Crippen molar-refractivity contribution in [3.63, 3.8) is 0 Å². The maximum atomic E-state index is 12.8. The number of likely N-dealkylation sites (tertiary alicyclic amines) is 1. The van der Waals surface area contributed by atoms with Crippen molar-refractivity contribution in [2.24, 2.45) is 23.7 Å². The van der Waals surface area contributed by atoms with E-state index in [0.29, 0.717) is 31.2 Å². The Morgan fingerprint density at radius 1 is 1.00 bits per heavy atom. The van der Waals surface area contributed by atoms with Crippen LogP contribution in [0.2, 0.25) is 5.02 Å². The molecule has 146 valence electrons. The molecule has 0 spiro atoms. The number of hydrogen-bond acceptors (Lipinski definition) is 4. The summed E-state index contributed by atoms with van der Waals surface area (Å²) < 4.78 is 0. The number of benzene rings is 1. The van der Waals surface area contributed by atoms with Gasteiger partial charge >= 0.3 is 0 Å². The Bertz CT molecular complexity index is 847. The molecular weight excluding hydrogens is 378 g/mol. The summed E-state index contributed by atoms with van der Waals surface area (Å²) in [7, 11) is 0. The van der Waals surface area contributed by atoms with Crippen molar-refractivity contribution in [1.82, 2.24) is 9.80 Å². The van der Waals surface area contributed by atoms with Gasteiger partial charge in [0.25, 0.3) is 0 Å². The Hall–Kier alpha value is -2.34. The Labute approximate surface area is 168 Å². The number of carbonyl (C=O) groups is 3. The Kier molecular flexibility index (Phi) is 4.19. The molecule has 0 unspecified atom stereocenters. The Morgan fingerprint density at radius 2 is 1.64 bits per heavy atom. The molecule has 1 aromatic rings. The number of rotatable bonds is 3. The van der Waals surface area contributed by atoms with Crippen LogP contribution >= 0.6 is 11.6 Å². The Balaban J connectivity index is 1.20. The molecule has 1 aromatic carbocycles. The number of nitrogens with zero attached hydrogens (tertiary/aromatic N) is 3. The van der Waals surface area contributed by atoms with Crippen LogP contribution in [0.15, 0.2) is 36.4 Å². The largest absolute Gasteiger partial charge is 0.368 e. The van der Waals surface area contributed by atoms with Gasteiger partial charge in [0.1, 0.15) is 6.54 Å². The highest BCUT2D eigenvalue weighted by Crippen LogP contribution is 2.52. The van der Waals surface area contributed by atoms with Crippen LogP contribution in [0, 0.1) is 23.7 Å². The molecule has 4 atom stereocenters. The molecule has 0 radical (unpaired) electrons. The number of amides is 3. The van der Waals surface area contributed by atoms with Crippen LogP contribution in [0.25, 0.3) is 0 Å². The molecule has 5 rings (SSSR count). The van der Waals surface area contributed by atoms with E-state index >= 15 is 0 Å². The molecule has 1 saturated carbocycles. The van der Waals surface area contributed by atoms with E-state index in [0.717, 1.165) is 12.1 Å². The van der Waals surface area contributed by atoms with Gasteiger partial charge < -0.3 is 9.80 Å². The minimum absolute atomic E-state index is 0.124. The second-order valence-electron chi connectivity index (χ2n) is 8.11. The van der Waals surface area contributed by atoms with Gasteiger partial charge in [0.15, 0.2) is 0 Å². The number of fused-ring (bicyclic) bond motifs is 5. The van der Waals surface area contributed by atoms with Gasteiger partial charge in [-0.3, -0.25) is 19.3 Å². The summed E-state index contributed by atoms with van der Waals surface area (Å²) in [6.07, 6.45) is 5.04. The van der Waals surface area contributed by atoms with Crippen molar-refractivity contribution in [3.8, 4) is 0 Å². The summed E-state index contributed by atoms with van der Waals surface area (Å²) in [5, 5.41) is 0.691. The average molecular weight is 400 g/mol. The summed E-state index contributed by atoms with van der Waals surface area (Å²) in [4.78, 5) is 43.4. The van der Waals surface area contributed by atoms with Crippen molar-refractivity contribution in [1.29, 1.82) is 0 Å². The predicted molar refractivity (Wildman–Crippen MR) is 105 cm³/mol. The molecule has 2 saturated heterocycles. The summed E-state index contributed by atoms with van der Waals surface area (Å²) in [6, 6.07) is 7.68. The molecule has 0 aromatic heterocycles. The second kappa shape index (κ2) is 6.62. The number of hydrogen-bond donors (Lipinski definition) is 0. The van der Waals surface area contributed by atoms with Gasteiger partial charge in [0, 0.05) is 36.9 Å². The Morgan fingerprint density at radius 3 is 2.25 bits per heavy atom. The van der Waals surface area contributed by atoms with E-state index < -0.39 is 0 Å². The third kappa shape index (κ3) is 2.73. The fraction of sp³-hybridized carbons (Fsp3) is 0.476. The van der Waals surface area contributed by atoms with Crippen LogP contribution in [-0.4, -0.2) is 60.2 Å². The number of allylic oxidation sites excluding steroid dienone is 2. The van der Waals surface area contributed by atoms with Crippen LogP contribution in [-0.2, 0) is 14.4 Å². The van der Waals surface area contributed by atoms with Crippen molar-refractivity contribution in [3.05, 3.63) is 41.4 Å². The van der Waals surface area contributed by atoms with E-state index in [-0.39, 0.29) is 47.9 Å². The molecule has 2 heterocycles. The zero-order valence-corrected chi connectivity index (χ0v) is 16.2. The van der Waals surface area contributed by atoms with E-state index in [4.69, 9.17) is 11.6 Å². The van der Waals surface area contributed by atoms with Crippen molar-refractivity contribution >= 4 is 35.0 Å². The van der Waals surface area contributed by atoms with Crippen molar-refractivity contribution < 1.29 is 14.4 Å². The van der Waals surface area contributed by atoms with E-state index in [9.17, 15) is 14.4 Å². The molecule has 3 fully saturated rings. The lowest BCUT2D eigenvalue weighted by Gasteiger charge is -2.36. The van der Waals surface area contributed by atoms with Gasteiger partial charge in [-0.05, 0) is 36.5 Å². The molecule has 2 aliphatic heterocycles. The van der Waals surface area contributed by atoms with Crippen molar-refractivity contribution in [2.75, 3.05) is 37.6 Å². The highest BCUT2D eigenvalue weighted by molar-refractivity contribution is 6.30. The maximum Gasteiger partial charge on any atom is 0.242 e. The van der Waals surface area contributed by atoms with Gasteiger partial charge in [-0.1, -0.05) is 29.8 Å². The molecule has 6 nitrogen and oxygen atoms in total. The highest BCUT2D eigenvalue weighted by Gasteiger charge is 2.59. The first-order chi connectivity index (χ1) is 13.5. The molecule has 4 aliphatic rings. The first kappa shape index (κ1) is 17.7. The van der Waals surface area contributed by atoms with Crippen LogP contribution in [0.5, 0.6) is 0 Å². The zero-order valence-electron chi connectivity index (χ0n) is 15.5. The predicted octanol–water partition coefficient (Wildman–Crippen LogP) is 1.80. The summed E-state index contributed by atoms with van der Waals surface area (Å²) >= 11 is 6.07. The van der Waals surface area contributed by atoms with E-state index in [1.54, 1.807) is 4.90 Å². The fourth-order valence-electron chi connectivity index (χ4n) is 5.24. The first-order valence-electron chi connectivity index (χ1n) is 9.85. The van der Waals surface area contributed by atoms with Crippen molar-refractivity contribution in [2.45, 2.75) is 6.42 Å². The minimum Gasteiger partial charge on any atom is -0.368 e. The van der Waals surface area contributed by atoms with Gasteiger partial charge in [0.05, 0.1) is 11.8 Å². The highest BCUT2D eigenvalue weighted by atomic mass is 35.5. The van der Waals surface area contributed by atoms with Gasteiger partial charge in [-0.15, -0.1) is 0 Å². The van der Waals surface area contributed by atoms with Crippen LogP contribution in [0.1, 0.15) is 6.42 Å².